The van der Waals surface area contributed by atoms with E-state index in [2.05, 4.69) is 36.2 Å². The average Bonchev–Trinajstić information content (AvgIpc) is 2.42. The first kappa shape index (κ1) is 12.7. The number of carbonyl (C=O) groups is 1. The molecule has 1 aliphatic carbocycles. The van der Waals surface area contributed by atoms with E-state index in [1.807, 2.05) is 14.1 Å². The van der Waals surface area contributed by atoms with Gasteiger partial charge >= 0.3 is 0 Å². The van der Waals surface area contributed by atoms with Crippen molar-refractivity contribution in [3.8, 4) is 0 Å². The quantitative estimate of drug-likeness (QED) is 0.765. The molecule has 1 fully saturated rings. The zero-order chi connectivity index (χ0) is 13.6. The minimum absolute atomic E-state index is 0.276. The fourth-order valence-corrected chi connectivity index (χ4v) is 3.84. The maximum Gasteiger partial charge on any atom is 0.232 e. The van der Waals surface area contributed by atoms with Gasteiger partial charge in [0.1, 0.15) is 0 Å². The van der Waals surface area contributed by atoms with Crippen molar-refractivity contribution in [1.29, 1.82) is 0 Å². The van der Waals surface area contributed by atoms with Crippen LogP contribution in [-0.2, 0) is 16.6 Å². The van der Waals surface area contributed by atoms with Crippen LogP contribution in [0, 0.1) is 0 Å². The summed E-state index contributed by atoms with van der Waals surface area (Å²) in [5, 5.41) is 0. The summed E-state index contributed by atoms with van der Waals surface area (Å²) in [4.78, 5) is 17.0. The second-order valence-corrected chi connectivity index (χ2v) is 6.23. The maximum atomic E-state index is 12.8. The van der Waals surface area contributed by atoms with Gasteiger partial charge in [0.05, 0.1) is 5.41 Å². The third-order valence-electron chi connectivity index (χ3n) is 4.90. The van der Waals surface area contributed by atoms with Crippen LogP contribution in [0.4, 0.5) is 0 Å². The summed E-state index contributed by atoms with van der Waals surface area (Å²) >= 11 is 0. The molecule has 2 aliphatic rings. The molecule has 2 atom stereocenters. The molecule has 0 spiro atoms. The molecule has 0 saturated carbocycles. The monoisotopic (exact) mass is 258 g/mol. The Kier molecular flexibility index (Phi) is 2.90. The number of fused-ring (bicyclic) bond motifs is 4. The summed E-state index contributed by atoms with van der Waals surface area (Å²) in [6.45, 7) is 1.01. The molecule has 0 N–H and O–H groups in total. The van der Waals surface area contributed by atoms with Crippen LogP contribution < -0.4 is 0 Å². The molecule has 1 saturated heterocycles. The van der Waals surface area contributed by atoms with E-state index in [1.54, 1.807) is 4.90 Å². The summed E-state index contributed by atoms with van der Waals surface area (Å²) in [5.74, 6) is 0.276. The molecule has 1 heterocycles. The topological polar surface area (TPSA) is 23.6 Å². The van der Waals surface area contributed by atoms with Gasteiger partial charge in [0, 0.05) is 20.1 Å². The molecular formula is C16H22N2O. The van der Waals surface area contributed by atoms with Gasteiger partial charge in [0.2, 0.25) is 5.91 Å². The van der Waals surface area contributed by atoms with Crippen molar-refractivity contribution in [2.24, 2.45) is 0 Å². The highest BCUT2D eigenvalue weighted by Crippen LogP contribution is 2.45. The van der Waals surface area contributed by atoms with Crippen molar-refractivity contribution < 1.29 is 4.79 Å². The molecule has 1 aromatic rings. The molecule has 0 radical (unpaired) electrons. The molecule has 2 bridgehead atoms. The van der Waals surface area contributed by atoms with E-state index in [9.17, 15) is 4.79 Å². The van der Waals surface area contributed by atoms with Crippen molar-refractivity contribution in [3.05, 3.63) is 35.4 Å². The van der Waals surface area contributed by atoms with Crippen molar-refractivity contribution >= 4 is 5.91 Å². The van der Waals surface area contributed by atoms with Gasteiger partial charge in [-0.15, -0.1) is 0 Å². The third kappa shape index (κ3) is 1.79. The lowest BCUT2D eigenvalue weighted by atomic mass is 9.63. The largest absolute Gasteiger partial charge is 0.348 e. The van der Waals surface area contributed by atoms with E-state index in [0.29, 0.717) is 6.04 Å². The van der Waals surface area contributed by atoms with Gasteiger partial charge in [0.15, 0.2) is 0 Å². The zero-order valence-corrected chi connectivity index (χ0v) is 12.0. The number of benzene rings is 1. The number of likely N-dealkylation sites (N-methyl/N-ethyl adjacent to an activating group) is 2. The third-order valence-corrected chi connectivity index (χ3v) is 4.90. The number of hydrogen-bond donors (Lipinski definition) is 0. The van der Waals surface area contributed by atoms with Crippen LogP contribution in [0.15, 0.2) is 24.3 Å². The minimum atomic E-state index is -0.282. The smallest absolute Gasteiger partial charge is 0.232 e. The van der Waals surface area contributed by atoms with E-state index >= 15 is 0 Å². The molecule has 1 amide bonds. The number of likely N-dealkylation sites (tertiary alicyclic amines) is 1. The first-order valence-corrected chi connectivity index (χ1v) is 7.05. The predicted molar refractivity (Wildman–Crippen MR) is 76.2 cm³/mol. The highest BCUT2D eigenvalue weighted by molar-refractivity contribution is 5.89. The second kappa shape index (κ2) is 4.34. The molecule has 3 heteroatoms. The van der Waals surface area contributed by atoms with Crippen LogP contribution in [0.25, 0.3) is 0 Å². The minimum Gasteiger partial charge on any atom is -0.348 e. The van der Waals surface area contributed by atoms with Gasteiger partial charge in [-0.2, -0.15) is 0 Å². The Hall–Kier alpha value is -1.35. The summed E-state index contributed by atoms with van der Waals surface area (Å²) in [6.07, 6.45) is 2.99. The van der Waals surface area contributed by atoms with Gasteiger partial charge in [-0.05, 0) is 44.0 Å². The Morgan fingerprint density at radius 3 is 2.84 bits per heavy atom. The molecular weight excluding hydrogens is 236 g/mol. The van der Waals surface area contributed by atoms with Crippen molar-refractivity contribution in [1.82, 2.24) is 9.80 Å². The number of hydrogen-bond acceptors (Lipinski definition) is 2. The fraction of sp³-hybridized carbons (Fsp3) is 0.562. The maximum absolute atomic E-state index is 12.8. The number of piperidine rings is 1. The highest BCUT2D eigenvalue weighted by Gasteiger charge is 2.50. The Balaban J connectivity index is 2.13. The fourth-order valence-electron chi connectivity index (χ4n) is 3.84. The van der Waals surface area contributed by atoms with Crippen LogP contribution in [0.2, 0.25) is 0 Å². The molecule has 1 aromatic carbocycles. The first-order valence-electron chi connectivity index (χ1n) is 7.05. The number of amides is 1. The Labute approximate surface area is 115 Å². The van der Waals surface area contributed by atoms with Gasteiger partial charge in [-0.3, -0.25) is 4.79 Å². The summed E-state index contributed by atoms with van der Waals surface area (Å²) in [5.41, 5.74) is 2.36. The van der Waals surface area contributed by atoms with E-state index in [1.165, 1.54) is 11.1 Å². The zero-order valence-electron chi connectivity index (χ0n) is 12.0. The van der Waals surface area contributed by atoms with E-state index in [-0.39, 0.29) is 11.3 Å². The lowest BCUT2D eigenvalue weighted by molar-refractivity contribution is -0.138. The second-order valence-electron chi connectivity index (χ2n) is 6.23. The van der Waals surface area contributed by atoms with Gasteiger partial charge in [-0.25, -0.2) is 0 Å². The molecule has 3 nitrogen and oxygen atoms in total. The van der Waals surface area contributed by atoms with Crippen molar-refractivity contribution in [3.63, 3.8) is 0 Å². The standard InChI is InChI=1S/C16H22N2O/c1-17(2)15(19)16-8-9-18(3)13(11-16)10-12-6-4-5-7-14(12)16/h4-7,13H,8-11H2,1-3H3. The van der Waals surface area contributed by atoms with Crippen LogP contribution in [0.3, 0.4) is 0 Å². The number of rotatable bonds is 1. The number of nitrogens with zero attached hydrogens (tertiary/aromatic N) is 2. The molecule has 19 heavy (non-hydrogen) atoms. The average molecular weight is 258 g/mol. The Morgan fingerprint density at radius 1 is 1.37 bits per heavy atom. The van der Waals surface area contributed by atoms with Crippen LogP contribution in [0.5, 0.6) is 0 Å². The van der Waals surface area contributed by atoms with Crippen molar-refractivity contribution in [2.45, 2.75) is 30.7 Å². The molecule has 2 unspecified atom stereocenters. The Morgan fingerprint density at radius 2 is 2.11 bits per heavy atom. The van der Waals surface area contributed by atoms with E-state index in [0.717, 1.165) is 25.8 Å². The van der Waals surface area contributed by atoms with Crippen molar-refractivity contribution in [2.75, 3.05) is 27.7 Å². The molecule has 102 valence electrons. The number of carbonyl (C=O) groups excluding carboxylic acids is 1. The van der Waals surface area contributed by atoms with Gasteiger partial charge in [0.25, 0.3) is 0 Å². The summed E-state index contributed by atoms with van der Waals surface area (Å²) in [7, 11) is 5.94. The van der Waals surface area contributed by atoms with Gasteiger partial charge in [-0.1, -0.05) is 24.3 Å². The first-order chi connectivity index (χ1) is 9.04. The van der Waals surface area contributed by atoms with Crippen LogP contribution in [0.1, 0.15) is 24.0 Å². The summed E-state index contributed by atoms with van der Waals surface area (Å²) < 4.78 is 0. The SMILES string of the molecule is CN(C)C(=O)C12CCN(C)C(Cc3ccccc31)C2. The molecule has 3 rings (SSSR count). The summed E-state index contributed by atoms with van der Waals surface area (Å²) in [6, 6.07) is 9.03. The lowest BCUT2D eigenvalue weighted by Gasteiger charge is -2.50. The normalized spacial score (nSPS) is 29.7. The predicted octanol–water partition coefficient (Wildman–Crippen LogP) is 1.66. The van der Waals surface area contributed by atoms with E-state index < -0.39 is 0 Å². The van der Waals surface area contributed by atoms with Crippen LogP contribution >= 0.6 is 0 Å². The van der Waals surface area contributed by atoms with E-state index in [4.69, 9.17) is 0 Å². The molecule has 0 aromatic heterocycles. The highest BCUT2D eigenvalue weighted by atomic mass is 16.2. The van der Waals surface area contributed by atoms with Crippen LogP contribution in [-0.4, -0.2) is 49.4 Å². The lowest BCUT2D eigenvalue weighted by Crippen LogP contribution is -2.57. The molecule has 1 aliphatic heterocycles. The Bertz CT molecular complexity index is 511. The van der Waals surface area contributed by atoms with Gasteiger partial charge < -0.3 is 9.80 Å².